The van der Waals surface area contributed by atoms with Crippen molar-refractivity contribution < 1.29 is 18.7 Å². The van der Waals surface area contributed by atoms with E-state index in [1.807, 2.05) is 25.1 Å². The lowest BCUT2D eigenvalue weighted by atomic mass is 10.1. The predicted octanol–water partition coefficient (Wildman–Crippen LogP) is 3.97. The van der Waals surface area contributed by atoms with Gasteiger partial charge in [-0.3, -0.25) is 0 Å². The summed E-state index contributed by atoms with van der Waals surface area (Å²) in [6, 6.07) is 11.9. The molecule has 3 rings (SSSR count). The summed E-state index contributed by atoms with van der Waals surface area (Å²) in [7, 11) is 1.40. The third-order valence-electron chi connectivity index (χ3n) is 3.52. The summed E-state index contributed by atoms with van der Waals surface area (Å²) < 4.78 is 24.3. The Morgan fingerprint density at radius 1 is 1.19 bits per heavy atom. The Hall–Kier alpha value is -2.33. The number of aliphatic hydroxyl groups excluding tert-OH is 1. The van der Waals surface area contributed by atoms with Gasteiger partial charge in [-0.25, -0.2) is 4.39 Å². The lowest BCUT2D eigenvalue weighted by molar-refractivity contribution is 0.191. The minimum Gasteiger partial charge on any atom is -0.494 e. The van der Waals surface area contributed by atoms with Crippen molar-refractivity contribution in [1.29, 1.82) is 0 Å². The highest BCUT2D eigenvalue weighted by Gasteiger charge is 2.18. The molecule has 0 spiro atoms. The highest BCUT2D eigenvalue weighted by Crippen LogP contribution is 2.31. The number of methoxy groups -OCH3 is 1. The third kappa shape index (κ3) is 2.38. The summed E-state index contributed by atoms with van der Waals surface area (Å²) in [4.78, 5) is 0. The van der Waals surface area contributed by atoms with Crippen LogP contribution in [0.5, 0.6) is 5.75 Å². The first kappa shape index (κ1) is 13.6. The van der Waals surface area contributed by atoms with Crippen LogP contribution in [0, 0.1) is 12.7 Å². The van der Waals surface area contributed by atoms with Gasteiger partial charge in [0.05, 0.1) is 7.11 Å². The minimum atomic E-state index is -1.02. The SMILES string of the molecule is COc1ccc(C(O)c2cc3cccc(C)c3o2)cc1F. The number of ether oxygens (including phenoxy) is 1. The average Bonchev–Trinajstić information content (AvgIpc) is 2.92. The maximum absolute atomic E-state index is 13.7. The van der Waals surface area contributed by atoms with Crippen molar-refractivity contribution in [1.82, 2.24) is 0 Å². The summed E-state index contributed by atoms with van der Waals surface area (Å²) >= 11 is 0. The molecule has 0 aliphatic heterocycles. The van der Waals surface area contributed by atoms with Crippen molar-refractivity contribution in [2.24, 2.45) is 0 Å². The van der Waals surface area contributed by atoms with E-state index < -0.39 is 11.9 Å². The summed E-state index contributed by atoms with van der Waals surface area (Å²) in [6.45, 7) is 1.94. The number of aryl methyl sites for hydroxylation is 1. The highest BCUT2D eigenvalue weighted by atomic mass is 19.1. The summed E-state index contributed by atoms with van der Waals surface area (Å²) in [6.07, 6.45) is -1.02. The number of furan rings is 1. The standard InChI is InChI=1S/C17H15FO3/c1-10-4-3-5-12-9-15(21-17(10)12)16(19)11-6-7-14(20-2)13(18)8-11/h3-9,16,19H,1-2H3. The van der Waals surface area contributed by atoms with Crippen LogP contribution in [0.2, 0.25) is 0 Å². The van der Waals surface area contributed by atoms with Gasteiger partial charge in [0.2, 0.25) is 0 Å². The van der Waals surface area contributed by atoms with Crippen molar-refractivity contribution in [3.05, 3.63) is 65.2 Å². The maximum atomic E-state index is 13.7. The molecule has 1 N–H and O–H groups in total. The molecule has 2 aromatic carbocycles. The largest absolute Gasteiger partial charge is 0.494 e. The van der Waals surface area contributed by atoms with Crippen LogP contribution in [0.4, 0.5) is 4.39 Å². The molecule has 0 aliphatic rings. The molecular formula is C17H15FO3. The van der Waals surface area contributed by atoms with Crippen molar-refractivity contribution in [2.75, 3.05) is 7.11 Å². The van der Waals surface area contributed by atoms with E-state index in [4.69, 9.17) is 9.15 Å². The highest BCUT2D eigenvalue weighted by molar-refractivity contribution is 5.81. The molecular weight excluding hydrogens is 271 g/mol. The normalized spacial score (nSPS) is 12.6. The molecule has 1 heterocycles. The van der Waals surface area contributed by atoms with Crippen molar-refractivity contribution in [2.45, 2.75) is 13.0 Å². The zero-order valence-corrected chi connectivity index (χ0v) is 11.8. The van der Waals surface area contributed by atoms with Gasteiger partial charge in [0.15, 0.2) is 11.6 Å². The molecule has 0 amide bonds. The van der Waals surface area contributed by atoms with Gasteiger partial charge >= 0.3 is 0 Å². The Labute approximate surface area is 121 Å². The van der Waals surface area contributed by atoms with Crippen LogP contribution in [0.1, 0.15) is 23.0 Å². The van der Waals surface area contributed by atoms with Crippen LogP contribution < -0.4 is 4.74 Å². The first-order valence-electron chi connectivity index (χ1n) is 6.60. The van der Waals surface area contributed by atoms with Gasteiger partial charge in [-0.15, -0.1) is 0 Å². The summed E-state index contributed by atoms with van der Waals surface area (Å²) in [5.41, 5.74) is 2.15. The van der Waals surface area contributed by atoms with E-state index in [1.165, 1.54) is 19.2 Å². The Balaban J connectivity index is 2.01. The zero-order chi connectivity index (χ0) is 15.0. The quantitative estimate of drug-likeness (QED) is 0.792. The number of halogens is 1. The Morgan fingerprint density at radius 2 is 2.00 bits per heavy atom. The third-order valence-corrected chi connectivity index (χ3v) is 3.52. The zero-order valence-electron chi connectivity index (χ0n) is 11.8. The van der Waals surface area contributed by atoms with E-state index in [9.17, 15) is 9.50 Å². The second kappa shape index (κ2) is 5.22. The number of hydrogen-bond donors (Lipinski definition) is 1. The van der Waals surface area contributed by atoms with Crippen LogP contribution >= 0.6 is 0 Å². The number of hydrogen-bond acceptors (Lipinski definition) is 3. The Bertz CT molecular complexity index is 792. The molecule has 4 heteroatoms. The monoisotopic (exact) mass is 286 g/mol. The smallest absolute Gasteiger partial charge is 0.165 e. The van der Waals surface area contributed by atoms with E-state index in [1.54, 1.807) is 12.1 Å². The molecule has 1 atom stereocenters. The van der Waals surface area contributed by atoms with Crippen molar-refractivity contribution in [3.63, 3.8) is 0 Å². The minimum absolute atomic E-state index is 0.145. The lowest BCUT2D eigenvalue weighted by Gasteiger charge is -2.09. The molecule has 1 unspecified atom stereocenters. The second-order valence-electron chi connectivity index (χ2n) is 4.94. The maximum Gasteiger partial charge on any atom is 0.165 e. The van der Waals surface area contributed by atoms with Crippen LogP contribution in [-0.2, 0) is 0 Å². The van der Waals surface area contributed by atoms with E-state index in [0.717, 1.165) is 16.5 Å². The number of aliphatic hydroxyl groups is 1. The summed E-state index contributed by atoms with van der Waals surface area (Å²) in [5.74, 6) is 0.0246. The molecule has 0 saturated carbocycles. The van der Waals surface area contributed by atoms with Gasteiger partial charge < -0.3 is 14.3 Å². The topological polar surface area (TPSA) is 42.6 Å². The van der Waals surface area contributed by atoms with Gasteiger partial charge in [0.25, 0.3) is 0 Å². The lowest BCUT2D eigenvalue weighted by Crippen LogP contribution is -1.99. The van der Waals surface area contributed by atoms with Crippen LogP contribution in [0.15, 0.2) is 46.9 Å². The number of rotatable bonds is 3. The number of benzene rings is 2. The molecule has 3 aromatic rings. The molecule has 108 valence electrons. The molecule has 0 aliphatic carbocycles. The number of fused-ring (bicyclic) bond motifs is 1. The van der Waals surface area contributed by atoms with Crippen LogP contribution in [-0.4, -0.2) is 12.2 Å². The summed E-state index contributed by atoms with van der Waals surface area (Å²) in [5, 5.41) is 11.3. The van der Waals surface area contributed by atoms with Crippen LogP contribution in [0.3, 0.4) is 0 Å². The van der Waals surface area contributed by atoms with E-state index >= 15 is 0 Å². The van der Waals surface area contributed by atoms with Gasteiger partial charge in [-0.1, -0.05) is 24.3 Å². The van der Waals surface area contributed by atoms with E-state index in [2.05, 4.69) is 0 Å². The molecule has 1 aromatic heterocycles. The van der Waals surface area contributed by atoms with Gasteiger partial charge in [-0.2, -0.15) is 0 Å². The van der Waals surface area contributed by atoms with Crippen molar-refractivity contribution in [3.8, 4) is 5.75 Å². The molecule has 21 heavy (non-hydrogen) atoms. The Morgan fingerprint density at radius 3 is 2.67 bits per heavy atom. The fourth-order valence-electron chi connectivity index (χ4n) is 2.38. The fraction of sp³-hybridized carbons (Fsp3) is 0.176. The molecule has 3 nitrogen and oxygen atoms in total. The van der Waals surface area contributed by atoms with Gasteiger partial charge in [0.1, 0.15) is 17.4 Å². The molecule has 0 bridgehead atoms. The van der Waals surface area contributed by atoms with Gasteiger partial charge in [-0.05, 0) is 36.2 Å². The molecule has 0 radical (unpaired) electrons. The average molecular weight is 286 g/mol. The predicted molar refractivity (Wildman–Crippen MR) is 78.0 cm³/mol. The first-order valence-corrected chi connectivity index (χ1v) is 6.60. The Kier molecular flexibility index (Phi) is 3.39. The van der Waals surface area contributed by atoms with Crippen molar-refractivity contribution >= 4 is 11.0 Å². The van der Waals surface area contributed by atoms with Crippen LogP contribution in [0.25, 0.3) is 11.0 Å². The molecule has 0 saturated heterocycles. The van der Waals surface area contributed by atoms with Gasteiger partial charge in [0, 0.05) is 5.39 Å². The fourth-order valence-corrected chi connectivity index (χ4v) is 2.38. The second-order valence-corrected chi connectivity index (χ2v) is 4.94. The first-order chi connectivity index (χ1) is 10.1. The van der Waals surface area contributed by atoms with E-state index in [-0.39, 0.29) is 5.75 Å². The molecule has 0 fully saturated rings. The van der Waals surface area contributed by atoms with E-state index in [0.29, 0.717) is 11.3 Å². The number of para-hydroxylation sites is 1.